The molecule has 2 rings (SSSR count). The van der Waals surface area contributed by atoms with Crippen LogP contribution < -0.4 is 10.6 Å². The quantitative estimate of drug-likeness (QED) is 0.693. The van der Waals surface area contributed by atoms with Gasteiger partial charge < -0.3 is 20.1 Å². The Balaban J connectivity index is 1.69. The van der Waals surface area contributed by atoms with Crippen LogP contribution in [-0.2, 0) is 19.1 Å². The summed E-state index contributed by atoms with van der Waals surface area (Å²) < 4.78 is 9.96. The molecule has 0 radical (unpaired) electrons. The molecule has 0 fully saturated rings. The number of carbonyl (C=O) groups excluding carboxylic acids is 3. The lowest BCUT2D eigenvalue weighted by Crippen LogP contribution is -2.34. The van der Waals surface area contributed by atoms with Crippen LogP contribution in [0.25, 0.3) is 11.1 Å². The van der Waals surface area contributed by atoms with Crippen molar-refractivity contribution in [1.82, 2.24) is 5.32 Å². The van der Waals surface area contributed by atoms with Crippen molar-refractivity contribution >= 4 is 23.7 Å². The van der Waals surface area contributed by atoms with Gasteiger partial charge in [-0.25, -0.2) is 4.79 Å². The molecule has 7 nitrogen and oxygen atoms in total. The molecule has 0 aliphatic carbocycles. The van der Waals surface area contributed by atoms with E-state index in [1.54, 1.807) is 32.9 Å². The van der Waals surface area contributed by atoms with Crippen LogP contribution in [0.1, 0.15) is 27.2 Å². The summed E-state index contributed by atoms with van der Waals surface area (Å²) in [5.41, 5.74) is 2.12. The first kappa shape index (κ1) is 21.9. The number of esters is 1. The number of carbonyl (C=O) groups is 3. The molecule has 0 aliphatic rings. The van der Waals surface area contributed by atoms with Gasteiger partial charge in [-0.1, -0.05) is 42.5 Å². The standard InChI is InChI=1S/C22H26N2O5/c1-22(2,3)29-21(27)23-14-13-20(26)28-15-19(25)24-18-11-9-17(10-12-18)16-7-5-4-6-8-16/h4-12H,13-15H2,1-3H3,(H,23,27)(H,24,25). The number of hydrogen-bond donors (Lipinski definition) is 2. The highest BCUT2D eigenvalue weighted by Gasteiger charge is 2.16. The highest BCUT2D eigenvalue weighted by atomic mass is 16.6. The summed E-state index contributed by atoms with van der Waals surface area (Å²) in [6.45, 7) is 4.90. The first-order chi connectivity index (χ1) is 13.7. The maximum Gasteiger partial charge on any atom is 0.407 e. The monoisotopic (exact) mass is 398 g/mol. The lowest BCUT2D eigenvalue weighted by atomic mass is 10.1. The molecule has 154 valence electrons. The van der Waals surface area contributed by atoms with Gasteiger partial charge in [-0.05, 0) is 44.0 Å². The van der Waals surface area contributed by atoms with Gasteiger partial charge in [0.1, 0.15) is 5.60 Å². The number of rotatable bonds is 7. The Morgan fingerprint density at radius 2 is 1.52 bits per heavy atom. The minimum absolute atomic E-state index is 0.0572. The van der Waals surface area contributed by atoms with Crippen molar-refractivity contribution in [2.75, 3.05) is 18.5 Å². The molecule has 0 unspecified atom stereocenters. The molecule has 0 heterocycles. The Labute approximate surface area is 170 Å². The van der Waals surface area contributed by atoms with E-state index in [-0.39, 0.29) is 13.0 Å². The first-order valence-corrected chi connectivity index (χ1v) is 9.31. The number of anilines is 1. The highest BCUT2D eigenvalue weighted by Crippen LogP contribution is 2.20. The molecule has 0 saturated carbocycles. The van der Waals surface area contributed by atoms with Gasteiger partial charge in [-0.2, -0.15) is 0 Å². The van der Waals surface area contributed by atoms with Crippen LogP contribution in [0.4, 0.5) is 10.5 Å². The summed E-state index contributed by atoms with van der Waals surface area (Å²) in [7, 11) is 0. The molecule has 0 saturated heterocycles. The number of benzene rings is 2. The molecule has 2 aromatic carbocycles. The molecule has 29 heavy (non-hydrogen) atoms. The summed E-state index contributed by atoms with van der Waals surface area (Å²) in [5.74, 6) is -1.03. The molecule has 0 atom stereocenters. The Morgan fingerprint density at radius 3 is 2.14 bits per heavy atom. The summed E-state index contributed by atoms with van der Waals surface area (Å²) in [6.07, 6.45) is -0.667. The number of ether oxygens (including phenoxy) is 2. The van der Waals surface area contributed by atoms with E-state index in [1.807, 2.05) is 42.5 Å². The summed E-state index contributed by atoms with van der Waals surface area (Å²) >= 11 is 0. The first-order valence-electron chi connectivity index (χ1n) is 9.31. The zero-order valence-corrected chi connectivity index (χ0v) is 16.9. The van der Waals surface area contributed by atoms with Crippen LogP contribution in [-0.4, -0.2) is 36.7 Å². The van der Waals surface area contributed by atoms with Gasteiger partial charge in [0.15, 0.2) is 6.61 Å². The smallest absolute Gasteiger partial charge is 0.407 e. The topological polar surface area (TPSA) is 93.7 Å². The zero-order valence-electron chi connectivity index (χ0n) is 16.9. The van der Waals surface area contributed by atoms with Crippen molar-refractivity contribution in [1.29, 1.82) is 0 Å². The maximum atomic E-state index is 11.9. The lowest BCUT2D eigenvalue weighted by Gasteiger charge is -2.19. The SMILES string of the molecule is CC(C)(C)OC(=O)NCCC(=O)OCC(=O)Nc1ccc(-c2ccccc2)cc1. The van der Waals surface area contributed by atoms with Crippen molar-refractivity contribution in [2.24, 2.45) is 0 Å². The van der Waals surface area contributed by atoms with E-state index < -0.39 is 30.2 Å². The van der Waals surface area contributed by atoms with E-state index in [0.29, 0.717) is 5.69 Å². The third-order valence-corrected chi connectivity index (χ3v) is 3.64. The van der Waals surface area contributed by atoms with Crippen molar-refractivity contribution in [3.63, 3.8) is 0 Å². The van der Waals surface area contributed by atoms with E-state index in [0.717, 1.165) is 11.1 Å². The Morgan fingerprint density at radius 1 is 0.897 bits per heavy atom. The normalized spacial score (nSPS) is 10.7. The predicted molar refractivity (Wildman–Crippen MR) is 110 cm³/mol. The average Bonchev–Trinajstić information content (AvgIpc) is 2.66. The highest BCUT2D eigenvalue weighted by molar-refractivity contribution is 5.93. The second-order valence-corrected chi connectivity index (χ2v) is 7.33. The molecule has 2 N–H and O–H groups in total. The third kappa shape index (κ3) is 8.47. The van der Waals surface area contributed by atoms with Gasteiger partial charge in [0.05, 0.1) is 6.42 Å². The van der Waals surface area contributed by atoms with Gasteiger partial charge in [0.2, 0.25) is 0 Å². The van der Waals surface area contributed by atoms with Gasteiger partial charge in [-0.15, -0.1) is 0 Å². The van der Waals surface area contributed by atoms with E-state index in [4.69, 9.17) is 9.47 Å². The average molecular weight is 398 g/mol. The lowest BCUT2D eigenvalue weighted by molar-refractivity contribution is -0.147. The molecular weight excluding hydrogens is 372 g/mol. The molecule has 0 aromatic heterocycles. The van der Waals surface area contributed by atoms with Crippen molar-refractivity contribution in [3.8, 4) is 11.1 Å². The Bertz CT molecular complexity index is 827. The summed E-state index contributed by atoms with van der Waals surface area (Å²) in [6, 6.07) is 17.3. The van der Waals surface area contributed by atoms with Crippen molar-refractivity contribution in [2.45, 2.75) is 32.8 Å². The van der Waals surface area contributed by atoms with E-state index in [2.05, 4.69) is 10.6 Å². The maximum absolute atomic E-state index is 11.9. The molecule has 0 spiro atoms. The fourth-order valence-corrected chi connectivity index (χ4v) is 2.37. The van der Waals surface area contributed by atoms with Crippen LogP contribution in [0.5, 0.6) is 0 Å². The van der Waals surface area contributed by atoms with E-state index in [9.17, 15) is 14.4 Å². The van der Waals surface area contributed by atoms with Crippen LogP contribution in [0.3, 0.4) is 0 Å². The van der Waals surface area contributed by atoms with Crippen LogP contribution in [0.2, 0.25) is 0 Å². The van der Waals surface area contributed by atoms with Crippen LogP contribution in [0.15, 0.2) is 54.6 Å². The van der Waals surface area contributed by atoms with E-state index >= 15 is 0 Å². The van der Waals surface area contributed by atoms with Gasteiger partial charge >= 0.3 is 12.1 Å². The number of amides is 2. The molecule has 2 amide bonds. The van der Waals surface area contributed by atoms with Gasteiger partial charge in [0.25, 0.3) is 5.91 Å². The molecular formula is C22H26N2O5. The second kappa shape index (κ2) is 10.3. The zero-order chi connectivity index (χ0) is 21.3. The Kier molecular flexibility index (Phi) is 7.77. The van der Waals surface area contributed by atoms with Gasteiger partial charge in [-0.3, -0.25) is 9.59 Å². The minimum Gasteiger partial charge on any atom is -0.456 e. The number of alkyl carbamates (subject to hydrolysis) is 1. The van der Waals surface area contributed by atoms with E-state index in [1.165, 1.54) is 0 Å². The largest absolute Gasteiger partial charge is 0.456 e. The molecule has 7 heteroatoms. The molecule has 0 bridgehead atoms. The summed E-state index contributed by atoms with van der Waals surface area (Å²) in [4.78, 5) is 35.1. The minimum atomic E-state index is -0.609. The van der Waals surface area contributed by atoms with Crippen LogP contribution >= 0.6 is 0 Å². The number of nitrogens with one attached hydrogen (secondary N) is 2. The summed E-state index contributed by atoms with van der Waals surface area (Å²) in [5, 5.41) is 5.12. The predicted octanol–water partition coefficient (Wildman–Crippen LogP) is 3.75. The van der Waals surface area contributed by atoms with Crippen LogP contribution in [0, 0.1) is 0 Å². The van der Waals surface area contributed by atoms with Crippen molar-refractivity contribution < 1.29 is 23.9 Å². The molecule has 0 aliphatic heterocycles. The molecule has 2 aromatic rings. The Hall–Kier alpha value is -3.35. The second-order valence-electron chi connectivity index (χ2n) is 7.33. The fraction of sp³-hybridized carbons (Fsp3) is 0.318. The number of hydrogen-bond acceptors (Lipinski definition) is 5. The van der Waals surface area contributed by atoms with Gasteiger partial charge in [0, 0.05) is 12.2 Å². The third-order valence-electron chi connectivity index (χ3n) is 3.64. The fourth-order valence-electron chi connectivity index (χ4n) is 2.37. The van der Waals surface area contributed by atoms with Crippen molar-refractivity contribution in [3.05, 3.63) is 54.6 Å².